The molecule has 0 bridgehead atoms. The predicted octanol–water partition coefficient (Wildman–Crippen LogP) is 2.48. The van der Waals surface area contributed by atoms with Crippen LogP contribution >= 0.6 is 0 Å². The maximum atomic E-state index is 8.91. The maximum Gasteiger partial charge on any atom is 0.0734 e. The Balaban J connectivity index is 2.69. The highest BCUT2D eigenvalue weighted by Gasteiger charge is 2.07. The summed E-state index contributed by atoms with van der Waals surface area (Å²) in [5, 5.41) is 17.6. The van der Waals surface area contributed by atoms with Crippen LogP contribution in [0.2, 0.25) is 0 Å². The Kier molecular flexibility index (Phi) is 4.33. The van der Waals surface area contributed by atoms with Crippen molar-refractivity contribution in [2.75, 3.05) is 6.61 Å². The van der Waals surface area contributed by atoms with Gasteiger partial charge in [-0.1, -0.05) is 38.1 Å². The fourth-order valence-electron chi connectivity index (χ4n) is 1.47. The molecule has 0 saturated carbocycles. The number of aliphatic hydroxyl groups is 1. The molecule has 0 spiro atoms. The molecule has 0 aliphatic heterocycles. The van der Waals surface area contributed by atoms with Gasteiger partial charge in [-0.05, 0) is 23.5 Å². The largest absolute Gasteiger partial charge is 0.395 e. The third-order valence-corrected chi connectivity index (χ3v) is 2.53. The second-order valence-electron chi connectivity index (χ2n) is 4.11. The van der Waals surface area contributed by atoms with Crippen molar-refractivity contribution in [3.8, 4) is 6.07 Å². The topological polar surface area (TPSA) is 44.0 Å². The number of nitriles is 1. The van der Waals surface area contributed by atoms with E-state index in [9.17, 15) is 0 Å². The van der Waals surface area contributed by atoms with E-state index >= 15 is 0 Å². The van der Waals surface area contributed by atoms with Crippen LogP contribution in [0.25, 0.3) is 0 Å². The lowest BCUT2D eigenvalue weighted by molar-refractivity contribution is 0.255. The fourth-order valence-corrected chi connectivity index (χ4v) is 1.47. The van der Waals surface area contributed by atoms with Crippen LogP contribution in [0.5, 0.6) is 0 Å². The van der Waals surface area contributed by atoms with Crippen LogP contribution in [0.1, 0.15) is 30.9 Å². The number of rotatable bonds is 4. The smallest absolute Gasteiger partial charge is 0.0734 e. The normalized spacial score (nSPS) is 12.5. The van der Waals surface area contributed by atoms with Crippen molar-refractivity contribution in [1.29, 1.82) is 5.26 Å². The van der Waals surface area contributed by atoms with Gasteiger partial charge < -0.3 is 5.11 Å². The first-order valence-electron chi connectivity index (χ1n) is 5.26. The van der Waals surface area contributed by atoms with Crippen molar-refractivity contribution < 1.29 is 5.11 Å². The average molecular weight is 203 g/mol. The molecule has 1 N–H and O–H groups in total. The van der Waals surface area contributed by atoms with E-state index in [-0.39, 0.29) is 12.5 Å². The monoisotopic (exact) mass is 203 g/mol. The second kappa shape index (κ2) is 5.53. The molecular weight excluding hydrogens is 186 g/mol. The van der Waals surface area contributed by atoms with E-state index in [1.165, 1.54) is 5.56 Å². The van der Waals surface area contributed by atoms with E-state index in [1.54, 1.807) is 0 Å². The zero-order valence-corrected chi connectivity index (χ0v) is 9.27. The van der Waals surface area contributed by atoms with Crippen LogP contribution in [0.3, 0.4) is 0 Å². The van der Waals surface area contributed by atoms with Crippen LogP contribution in [0.4, 0.5) is 0 Å². The number of nitrogens with zero attached hydrogens (tertiary/aromatic N) is 1. The van der Waals surface area contributed by atoms with Crippen molar-refractivity contribution >= 4 is 0 Å². The summed E-state index contributed by atoms with van der Waals surface area (Å²) in [7, 11) is 0. The number of aliphatic hydroxyl groups excluding tert-OH is 1. The van der Waals surface area contributed by atoms with Crippen LogP contribution in [0, 0.1) is 17.2 Å². The van der Waals surface area contributed by atoms with Crippen molar-refractivity contribution in [2.24, 2.45) is 5.92 Å². The molecule has 0 heterocycles. The molecule has 0 saturated heterocycles. The molecule has 2 nitrogen and oxygen atoms in total. The molecule has 0 aromatic heterocycles. The molecule has 80 valence electrons. The Morgan fingerprint density at radius 3 is 2.27 bits per heavy atom. The standard InChI is InChI=1S/C13H17NO/c1-10(2)13-5-3-11(4-6-13)7-12(8-14)9-15/h3-6,10,12,15H,7,9H2,1-2H3. The summed E-state index contributed by atoms with van der Waals surface area (Å²) in [4.78, 5) is 0. The lowest BCUT2D eigenvalue weighted by Gasteiger charge is -2.08. The Hall–Kier alpha value is -1.33. The van der Waals surface area contributed by atoms with Crippen LogP contribution < -0.4 is 0 Å². The molecule has 1 rings (SSSR count). The van der Waals surface area contributed by atoms with Crippen LogP contribution in [-0.4, -0.2) is 11.7 Å². The van der Waals surface area contributed by atoms with Gasteiger partial charge in [-0.15, -0.1) is 0 Å². The van der Waals surface area contributed by atoms with E-state index in [2.05, 4.69) is 32.0 Å². The lowest BCUT2D eigenvalue weighted by Crippen LogP contribution is -2.06. The molecule has 0 amide bonds. The van der Waals surface area contributed by atoms with E-state index < -0.39 is 0 Å². The minimum absolute atomic E-state index is 0.0670. The summed E-state index contributed by atoms with van der Waals surface area (Å²) >= 11 is 0. The molecular formula is C13H17NO. The van der Waals surface area contributed by atoms with Gasteiger partial charge in [0.05, 0.1) is 18.6 Å². The maximum absolute atomic E-state index is 8.91. The van der Waals surface area contributed by atoms with Gasteiger partial charge in [-0.2, -0.15) is 5.26 Å². The third kappa shape index (κ3) is 3.38. The first-order valence-corrected chi connectivity index (χ1v) is 5.26. The second-order valence-corrected chi connectivity index (χ2v) is 4.11. The minimum atomic E-state index is -0.283. The van der Waals surface area contributed by atoms with E-state index in [1.807, 2.05) is 12.1 Å². The summed E-state index contributed by atoms with van der Waals surface area (Å²) in [6, 6.07) is 10.3. The van der Waals surface area contributed by atoms with Gasteiger partial charge in [0.2, 0.25) is 0 Å². The zero-order chi connectivity index (χ0) is 11.3. The molecule has 15 heavy (non-hydrogen) atoms. The quantitative estimate of drug-likeness (QED) is 0.817. The number of hydrogen-bond acceptors (Lipinski definition) is 2. The van der Waals surface area contributed by atoms with E-state index in [4.69, 9.17) is 10.4 Å². The molecule has 0 radical (unpaired) electrons. The van der Waals surface area contributed by atoms with Gasteiger partial charge in [-0.25, -0.2) is 0 Å². The summed E-state index contributed by atoms with van der Waals surface area (Å²) < 4.78 is 0. The Bertz CT molecular complexity index is 335. The molecule has 1 aromatic rings. The molecule has 1 atom stereocenters. The van der Waals surface area contributed by atoms with Gasteiger partial charge in [-0.3, -0.25) is 0 Å². The van der Waals surface area contributed by atoms with E-state index in [0.717, 1.165) is 5.56 Å². The van der Waals surface area contributed by atoms with Gasteiger partial charge >= 0.3 is 0 Å². The summed E-state index contributed by atoms with van der Waals surface area (Å²) in [6.07, 6.45) is 0.630. The van der Waals surface area contributed by atoms with Gasteiger partial charge in [0.15, 0.2) is 0 Å². The highest BCUT2D eigenvalue weighted by Crippen LogP contribution is 2.16. The molecule has 0 fully saturated rings. The molecule has 0 aliphatic carbocycles. The lowest BCUT2D eigenvalue weighted by atomic mass is 9.97. The fraction of sp³-hybridized carbons (Fsp3) is 0.462. The van der Waals surface area contributed by atoms with Crippen molar-refractivity contribution in [2.45, 2.75) is 26.2 Å². The first-order chi connectivity index (χ1) is 7.17. The van der Waals surface area contributed by atoms with Gasteiger partial charge in [0, 0.05) is 0 Å². The Morgan fingerprint density at radius 2 is 1.87 bits per heavy atom. The van der Waals surface area contributed by atoms with Crippen LogP contribution in [0.15, 0.2) is 24.3 Å². The first kappa shape index (κ1) is 11.7. The summed E-state index contributed by atoms with van der Waals surface area (Å²) in [5.74, 6) is 0.249. The third-order valence-electron chi connectivity index (χ3n) is 2.53. The van der Waals surface area contributed by atoms with Crippen molar-refractivity contribution in [3.05, 3.63) is 35.4 Å². The number of hydrogen-bond donors (Lipinski definition) is 1. The molecule has 0 aliphatic rings. The molecule has 2 heteroatoms. The van der Waals surface area contributed by atoms with Crippen molar-refractivity contribution in [3.63, 3.8) is 0 Å². The van der Waals surface area contributed by atoms with Crippen molar-refractivity contribution in [1.82, 2.24) is 0 Å². The van der Waals surface area contributed by atoms with Gasteiger partial charge in [0.25, 0.3) is 0 Å². The van der Waals surface area contributed by atoms with E-state index in [0.29, 0.717) is 12.3 Å². The number of benzene rings is 1. The minimum Gasteiger partial charge on any atom is -0.395 e. The van der Waals surface area contributed by atoms with Gasteiger partial charge in [0.1, 0.15) is 0 Å². The molecule has 1 aromatic carbocycles. The summed E-state index contributed by atoms with van der Waals surface area (Å²) in [5.41, 5.74) is 2.41. The average Bonchev–Trinajstić information content (AvgIpc) is 2.26. The Labute approximate surface area is 91.2 Å². The SMILES string of the molecule is CC(C)c1ccc(CC(C#N)CO)cc1. The Morgan fingerprint density at radius 1 is 1.27 bits per heavy atom. The van der Waals surface area contributed by atoms with Crippen LogP contribution in [-0.2, 0) is 6.42 Å². The highest BCUT2D eigenvalue weighted by atomic mass is 16.3. The zero-order valence-electron chi connectivity index (χ0n) is 9.27. The molecule has 1 unspecified atom stereocenters. The highest BCUT2D eigenvalue weighted by molar-refractivity contribution is 5.25. The summed E-state index contributed by atoms with van der Waals surface area (Å²) in [6.45, 7) is 4.24. The predicted molar refractivity (Wildman–Crippen MR) is 60.4 cm³/mol.